The van der Waals surface area contributed by atoms with Crippen LogP contribution in [0, 0.1) is 0 Å². The number of aromatic nitrogens is 3. The van der Waals surface area contributed by atoms with Crippen LogP contribution in [-0.4, -0.2) is 90.1 Å². The molecule has 3 rings (SSSR count). The molecule has 10 N–H and O–H groups in total. The molecule has 0 bridgehead atoms. The van der Waals surface area contributed by atoms with Crippen LogP contribution < -0.4 is 21.7 Å². The van der Waals surface area contributed by atoms with E-state index in [1.54, 1.807) is 24.4 Å². The highest BCUT2D eigenvalue weighted by molar-refractivity contribution is 5.96. The Hall–Kier alpha value is -5.25. The lowest BCUT2D eigenvalue weighted by Gasteiger charge is -2.24. The minimum absolute atomic E-state index is 0.0733. The number of carbonyl (C=O) groups is 6. The van der Waals surface area contributed by atoms with E-state index >= 15 is 0 Å². The van der Waals surface area contributed by atoms with Crippen molar-refractivity contribution < 1.29 is 44.1 Å². The summed E-state index contributed by atoms with van der Waals surface area (Å²) in [5.74, 6) is -7.11. The summed E-state index contributed by atoms with van der Waals surface area (Å²) in [4.78, 5) is 82.9. The molecule has 2 heterocycles. The van der Waals surface area contributed by atoms with E-state index in [-0.39, 0.29) is 12.8 Å². The quantitative estimate of drug-likeness (QED) is 0.0971. The zero-order valence-electron chi connectivity index (χ0n) is 22.2. The summed E-state index contributed by atoms with van der Waals surface area (Å²) in [6, 6.07) is 1.38. The van der Waals surface area contributed by atoms with E-state index in [9.17, 15) is 39.0 Å². The number of imidazole rings is 1. The number of rotatable bonds is 16. The van der Waals surface area contributed by atoms with Gasteiger partial charge in [0.15, 0.2) is 0 Å². The molecule has 42 heavy (non-hydrogen) atoms. The molecule has 0 spiro atoms. The van der Waals surface area contributed by atoms with Gasteiger partial charge in [-0.3, -0.25) is 24.0 Å². The van der Waals surface area contributed by atoms with E-state index in [2.05, 4.69) is 30.9 Å². The second-order valence-electron chi connectivity index (χ2n) is 9.50. The number of nitrogens with one attached hydrogen (secondary N) is 5. The largest absolute Gasteiger partial charge is 0.481 e. The number of aliphatic carboxylic acids is 3. The lowest BCUT2D eigenvalue weighted by atomic mass is 10.0. The first-order chi connectivity index (χ1) is 19.9. The molecule has 0 fully saturated rings. The monoisotopic (exact) mass is 585 g/mol. The fourth-order valence-corrected chi connectivity index (χ4v) is 4.19. The fraction of sp³-hybridized carbons (Fsp3) is 0.346. The number of para-hydroxylation sites is 1. The third-order valence-electron chi connectivity index (χ3n) is 6.34. The summed E-state index contributed by atoms with van der Waals surface area (Å²) in [5, 5.41) is 35.2. The number of carbonyl (C=O) groups excluding carboxylic acids is 3. The fourth-order valence-electron chi connectivity index (χ4n) is 4.19. The van der Waals surface area contributed by atoms with E-state index in [1.165, 1.54) is 12.5 Å². The smallest absolute Gasteiger partial charge is 0.326 e. The summed E-state index contributed by atoms with van der Waals surface area (Å²) in [6.45, 7) is 0. The van der Waals surface area contributed by atoms with Gasteiger partial charge in [-0.25, -0.2) is 9.78 Å². The Morgan fingerprint density at radius 1 is 0.833 bits per heavy atom. The van der Waals surface area contributed by atoms with Crippen molar-refractivity contribution in [3.05, 3.63) is 54.2 Å². The van der Waals surface area contributed by atoms with Crippen LogP contribution in [0.1, 0.15) is 30.5 Å². The molecule has 0 aliphatic heterocycles. The number of carboxylic acids is 3. The molecule has 4 unspecified atom stereocenters. The van der Waals surface area contributed by atoms with Gasteiger partial charge in [0.1, 0.15) is 18.1 Å². The molecule has 0 aliphatic rings. The Balaban J connectivity index is 1.82. The van der Waals surface area contributed by atoms with Crippen LogP contribution in [0.15, 0.2) is 43.0 Å². The second-order valence-corrected chi connectivity index (χ2v) is 9.50. The van der Waals surface area contributed by atoms with Crippen LogP contribution in [-0.2, 0) is 41.6 Å². The van der Waals surface area contributed by atoms with Gasteiger partial charge < -0.3 is 47.0 Å². The number of amides is 3. The maximum absolute atomic E-state index is 13.5. The molecule has 3 amide bonds. The van der Waals surface area contributed by atoms with E-state index in [0.29, 0.717) is 11.3 Å². The van der Waals surface area contributed by atoms with Gasteiger partial charge in [0, 0.05) is 48.3 Å². The lowest BCUT2D eigenvalue weighted by molar-refractivity contribution is -0.144. The van der Waals surface area contributed by atoms with Crippen molar-refractivity contribution in [2.24, 2.45) is 5.73 Å². The Bertz CT molecular complexity index is 1440. The molecule has 0 saturated carbocycles. The Morgan fingerprint density at radius 2 is 1.50 bits per heavy atom. The van der Waals surface area contributed by atoms with Crippen molar-refractivity contribution >= 4 is 46.5 Å². The molecule has 224 valence electrons. The summed E-state index contributed by atoms with van der Waals surface area (Å²) < 4.78 is 0. The first-order valence-electron chi connectivity index (χ1n) is 12.8. The van der Waals surface area contributed by atoms with Gasteiger partial charge in [0.2, 0.25) is 17.7 Å². The predicted molar refractivity (Wildman–Crippen MR) is 145 cm³/mol. The lowest BCUT2D eigenvalue weighted by Crippen LogP contribution is -2.58. The molecular weight excluding hydrogens is 554 g/mol. The Kier molecular flexibility index (Phi) is 10.7. The summed E-state index contributed by atoms with van der Waals surface area (Å²) in [7, 11) is 0. The van der Waals surface area contributed by atoms with Gasteiger partial charge in [-0.2, -0.15) is 0 Å². The molecule has 0 radical (unpaired) electrons. The third-order valence-corrected chi connectivity index (χ3v) is 6.34. The van der Waals surface area contributed by atoms with Crippen LogP contribution in [0.4, 0.5) is 0 Å². The normalized spacial score (nSPS) is 13.8. The summed E-state index contributed by atoms with van der Waals surface area (Å²) >= 11 is 0. The van der Waals surface area contributed by atoms with Gasteiger partial charge in [-0.05, 0) is 18.1 Å². The summed E-state index contributed by atoms with van der Waals surface area (Å²) in [6.07, 6.45) is 2.57. The van der Waals surface area contributed by atoms with Crippen molar-refractivity contribution in [1.82, 2.24) is 30.9 Å². The SMILES string of the molecule is NC(Cc1cnc[nH]1)C(=O)NC(Cc1c[nH]c2ccccc12)C(=O)NC(CC(=O)O)C(=O)NC(CCC(=O)O)C(=O)O. The average Bonchev–Trinajstić information content (AvgIpc) is 3.59. The van der Waals surface area contributed by atoms with E-state index < -0.39 is 79.1 Å². The standard InChI is InChI=1S/C26H31N7O9/c27-16(8-14-11-28-12-30-14)23(38)32-19(7-13-10-29-17-4-2-1-3-15(13)17)24(39)33-20(9-22(36)37)25(40)31-18(26(41)42)5-6-21(34)35/h1-4,10-12,16,18-20,29H,5-9,27H2,(H,28,30)(H,31,40)(H,32,38)(H,33,39)(H,34,35)(H,36,37)(H,41,42). The zero-order chi connectivity index (χ0) is 30.8. The van der Waals surface area contributed by atoms with E-state index in [0.717, 1.165) is 10.9 Å². The number of aromatic amines is 2. The molecule has 1 aromatic carbocycles. The highest BCUT2D eigenvalue weighted by atomic mass is 16.4. The number of carboxylic acid groups (broad SMARTS) is 3. The molecule has 16 nitrogen and oxygen atoms in total. The van der Waals surface area contributed by atoms with Crippen LogP contribution in [0.5, 0.6) is 0 Å². The highest BCUT2D eigenvalue weighted by Crippen LogP contribution is 2.19. The van der Waals surface area contributed by atoms with Crippen LogP contribution >= 0.6 is 0 Å². The number of fused-ring (bicyclic) bond motifs is 1. The third kappa shape index (κ3) is 8.88. The topological polar surface area (TPSA) is 270 Å². The minimum Gasteiger partial charge on any atom is -0.481 e. The average molecular weight is 586 g/mol. The molecule has 4 atom stereocenters. The highest BCUT2D eigenvalue weighted by Gasteiger charge is 2.32. The zero-order valence-corrected chi connectivity index (χ0v) is 22.2. The molecule has 0 aliphatic carbocycles. The van der Waals surface area contributed by atoms with Gasteiger partial charge in [0.05, 0.1) is 18.8 Å². The first kappa shape index (κ1) is 31.3. The molecule has 16 heteroatoms. The summed E-state index contributed by atoms with van der Waals surface area (Å²) in [5.41, 5.74) is 8.00. The van der Waals surface area contributed by atoms with E-state index in [4.69, 9.17) is 10.8 Å². The number of nitrogens with zero attached hydrogens (tertiary/aromatic N) is 1. The van der Waals surface area contributed by atoms with Gasteiger partial charge in [0.25, 0.3) is 0 Å². The molecule has 2 aromatic heterocycles. The Labute approximate surface area is 238 Å². The van der Waals surface area contributed by atoms with Crippen molar-refractivity contribution in [3.63, 3.8) is 0 Å². The van der Waals surface area contributed by atoms with E-state index in [1.807, 2.05) is 6.07 Å². The maximum Gasteiger partial charge on any atom is 0.326 e. The molecule has 0 saturated heterocycles. The van der Waals surface area contributed by atoms with Gasteiger partial charge >= 0.3 is 17.9 Å². The van der Waals surface area contributed by atoms with Crippen LogP contribution in [0.3, 0.4) is 0 Å². The van der Waals surface area contributed by atoms with Crippen molar-refractivity contribution in [2.75, 3.05) is 0 Å². The van der Waals surface area contributed by atoms with Crippen molar-refractivity contribution in [3.8, 4) is 0 Å². The predicted octanol–water partition coefficient (Wildman–Crippen LogP) is -1.12. The van der Waals surface area contributed by atoms with Crippen LogP contribution in [0.25, 0.3) is 10.9 Å². The number of hydrogen-bond donors (Lipinski definition) is 9. The number of benzene rings is 1. The maximum atomic E-state index is 13.5. The first-order valence-corrected chi connectivity index (χ1v) is 12.8. The van der Waals surface area contributed by atoms with Crippen LogP contribution in [0.2, 0.25) is 0 Å². The van der Waals surface area contributed by atoms with Gasteiger partial charge in [-0.15, -0.1) is 0 Å². The minimum atomic E-state index is -1.75. The molecule has 3 aromatic rings. The van der Waals surface area contributed by atoms with Crippen molar-refractivity contribution in [1.29, 1.82) is 0 Å². The van der Waals surface area contributed by atoms with Gasteiger partial charge in [-0.1, -0.05) is 18.2 Å². The number of hydrogen-bond acceptors (Lipinski definition) is 8. The second kappa shape index (κ2) is 14.4. The number of H-pyrrole nitrogens is 2. The Morgan fingerprint density at radius 3 is 2.14 bits per heavy atom. The molecular formula is C26H31N7O9. The number of nitrogens with two attached hydrogens (primary N) is 1. The van der Waals surface area contributed by atoms with Crippen molar-refractivity contribution in [2.45, 2.75) is 56.3 Å².